The van der Waals surface area contributed by atoms with Gasteiger partial charge >= 0.3 is 10.2 Å². The Hall–Kier alpha value is -0.993. The molecule has 0 saturated heterocycles. The molecule has 0 aliphatic heterocycles. The lowest BCUT2D eigenvalue weighted by Crippen LogP contribution is -2.35. The van der Waals surface area contributed by atoms with Crippen LogP contribution in [-0.2, 0) is 15.6 Å². The van der Waals surface area contributed by atoms with Crippen molar-refractivity contribution in [1.82, 2.24) is 13.3 Å². The number of carbonyl (C=O) groups is 1. The number of hydrogen-bond acceptors (Lipinski definition) is 4. The van der Waals surface area contributed by atoms with Crippen molar-refractivity contribution in [2.45, 2.75) is 39.3 Å². The van der Waals surface area contributed by atoms with Gasteiger partial charge in [0.25, 0.3) is 0 Å². The lowest BCUT2D eigenvalue weighted by Gasteiger charge is -2.22. The molecule has 8 heteroatoms. The van der Waals surface area contributed by atoms with Gasteiger partial charge in [0.05, 0.1) is 8.80 Å². The Morgan fingerprint density at radius 1 is 1.25 bits per heavy atom. The first-order valence-corrected chi connectivity index (χ1v) is 10.7. The van der Waals surface area contributed by atoms with Gasteiger partial charge in [0.2, 0.25) is 0 Å². The number of rotatable bonds is 4. The second-order valence-electron chi connectivity index (χ2n) is 6.28. The monoisotopic (exact) mass is 317 g/mol. The van der Waals surface area contributed by atoms with E-state index in [1.807, 2.05) is 33.9 Å². The fourth-order valence-electron chi connectivity index (χ4n) is 1.84. The summed E-state index contributed by atoms with van der Waals surface area (Å²) in [4.78, 5) is 15.9. The van der Waals surface area contributed by atoms with Crippen LogP contribution in [0.3, 0.4) is 0 Å². The van der Waals surface area contributed by atoms with Crippen molar-refractivity contribution in [3.8, 4) is 0 Å². The molecule has 114 valence electrons. The molecule has 0 aliphatic rings. The summed E-state index contributed by atoms with van der Waals surface area (Å²) in [6, 6.07) is 0. The number of aromatic nitrogens is 2. The van der Waals surface area contributed by atoms with E-state index in [1.165, 1.54) is 14.1 Å². The van der Waals surface area contributed by atoms with E-state index in [4.69, 9.17) is 0 Å². The molecule has 0 N–H and O–H groups in total. The molecule has 0 unspecified atom stereocenters. The van der Waals surface area contributed by atoms with Gasteiger partial charge in [0.1, 0.15) is 11.5 Å². The zero-order valence-electron chi connectivity index (χ0n) is 13.1. The highest BCUT2D eigenvalue weighted by atomic mass is 32.2. The van der Waals surface area contributed by atoms with Gasteiger partial charge < -0.3 is 0 Å². The third kappa shape index (κ3) is 2.86. The van der Waals surface area contributed by atoms with E-state index in [9.17, 15) is 13.2 Å². The van der Waals surface area contributed by atoms with Gasteiger partial charge in [-0.1, -0.05) is 33.9 Å². The predicted octanol–water partition coefficient (Wildman–Crippen LogP) is 0.341. The number of nitrogens with zero attached hydrogens (tertiary/aromatic N) is 3. The highest BCUT2D eigenvalue weighted by molar-refractivity contribution is 7.87. The molecule has 0 fully saturated rings. The molecule has 0 aliphatic carbocycles. The van der Waals surface area contributed by atoms with Gasteiger partial charge in [-0.3, -0.25) is 4.79 Å². The number of carbonyl (C=O) groups excluding carboxylic acids is 1. The van der Waals surface area contributed by atoms with E-state index in [0.717, 1.165) is 8.28 Å². The molecule has 1 aromatic rings. The number of imidazole rings is 1. The molecule has 0 amide bonds. The SMILES string of the molecule is CN(C)S(=O)(=O)n1c(C(C)(C)C)nc([SiH](C)C)c1C=O. The van der Waals surface area contributed by atoms with Crippen molar-refractivity contribution in [1.29, 1.82) is 0 Å². The largest absolute Gasteiger partial charge is 0.309 e. The van der Waals surface area contributed by atoms with E-state index in [-0.39, 0.29) is 5.69 Å². The van der Waals surface area contributed by atoms with Crippen molar-refractivity contribution in [2.75, 3.05) is 14.1 Å². The molecule has 1 rings (SSSR count). The fraction of sp³-hybridized carbons (Fsp3) is 0.667. The Morgan fingerprint density at radius 3 is 2.05 bits per heavy atom. The van der Waals surface area contributed by atoms with Crippen molar-refractivity contribution >= 4 is 30.6 Å². The first-order chi connectivity index (χ1) is 8.94. The standard InChI is InChI=1S/C12H23N3O3SSi/c1-12(2,3)11-13-10(20(6)7)9(8-16)15(11)19(17,18)14(4)5/h8,20H,1-7H3. The Bertz CT molecular complexity index is 613. The minimum absolute atomic E-state index is 0.172. The van der Waals surface area contributed by atoms with Crippen LogP contribution in [0.1, 0.15) is 37.1 Å². The van der Waals surface area contributed by atoms with E-state index in [2.05, 4.69) is 4.98 Å². The topological polar surface area (TPSA) is 72.3 Å². The molecule has 0 radical (unpaired) electrons. The highest BCUT2D eigenvalue weighted by Crippen LogP contribution is 2.23. The normalized spacial score (nSPS) is 13.2. The highest BCUT2D eigenvalue weighted by Gasteiger charge is 2.33. The minimum Gasteiger partial charge on any atom is -0.296 e. The summed E-state index contributed by atoms with van der Waals surface area (Å²) in [6.45, 7) is 9.70. The van der Waals surface area contributed by atoms with Crippen molar-refractivity contribution < 1.29 is 13.2 Å². The molecule has 0 aromatic carbocycles. The molecule has 0 saturated carbocycles. The van der Waals surface area contributed by atoms with Crippen LogP contribution in [0.4, 0.5) is 0 Å². The molecule has 6 nitrogen and oxygen atoms in total. The maximum absolute atomic E-state index is 12.5. The zero-order valence-corrected chi connectivity index (χ0v) is 15.1. The van der Waals surface area contributed by atoms with Crippen LogP contribution >= 0.6 is 0 Å². The summed E-state index contributed by atoms with van der Waals surface area (Å²) in [5, 5.41) is 0.648. The Morgan fingerprint density at radius 2 is 1.75 bits per heavy atom. The Balaban J connectivity index is 3.84. The zero-order chi connectivity index (χ0) is 15.9. The minimum atomic E-state index is -3.77. The fourth-order valence-corrected chi connectivity index (χ4v) is 4.34. The van der Waals surface area contributed by atoms with Crippen LogP contribution in [0.5, 0.6) is 0 Å². The summed E-state index contributed by atoms with van der Waals surface area (Å²) in [6.07, 6.45) is 0.603. The summed E-state index contributed by atoms with van der Waals surface area (Å²) >= 11 is 0. The molecule has 0 bridgehead atoms. The van der Waals surface area contributed by atoms with E-state index in [0.29, 0.717) is 17.4 Å². The smallest absolute Gasteiger partial charge is 0.296 e. The average Bonchev–Trinajstić information content (AvgIpc) is 2.67. The van der Waals surface area contributed by atoms with Crippen molar-refractivity contribution in [2.24, 2.45) is 0 Å². The third-order valence-electron chi connectivity index (χ3n) is 2.92. The van der Waals surface area contributed by atoms with Crippen molar-refractivity contribution in [3.63, 3.8) is 0 Å². The van der Waals surface area contributed by atoms with Crippen LogP contribution < -0.4 is 5.32 Å². The quantitative estimate of drug-likeness (QED) is 0.593. The average molecular weight is 317 g/mol. The van der Waals surface area contributed by atoms with E-state index >= 15 is 0 Å². The second kappa shape index (κ2) is 5.42. The van der Waals surface area contributed by atoms with Gasteiger partial charge in [-0.2, -0.15) is 12.7 Å². The van der Waals surface area contributed by atoms with Gasteiger partial charge in [-0.05, 0) is 0 Å². The summed E-state index contributed by atoms with van der Waals surface area (Å²) in [5.41, 5.74) is -0.298. The molecule has 0 atom stereocenters. The maximum Gasteiger partial charge on any atom is 0.309 e. The van der Waals surface area contributed by atoms with Gasteiger partial charge in [0, 0.05) is 24.8 Å². The summed E-state index contributed by atoms with van der Waals surface area (Å²) < 4.78 is 27.2. The summed E-state index contributed by atoms with van der Waals surface area (Å²) in [7, 11) is -2.29. The second-order valence-corrected chi connectivity index (χ2v) is 11.1. The predicted molar refractivity (Wildman–Crippen MR) is 82.8 cm³/mol. The molecule has 0 spiro atoms. The van der Waals surface area contributed by atoms with E-state index in [1.54, 1.807) is 0 Å². The lowest BCUT2D eigenvalue weighted by molar-refractivity contribution is 0.111. The van der Waals surface area contributed by atoms with Gasteiger partial charge in [-0.25, -0.2) is 8.96 Å². The van der Waals surface area contributed by atoms with Crippen molar-refractivity contribution in [3.05, 3.63) is 11.5 Å². The number of aldehydes is 1. The van der Waals surface area contributed by atoms with Crippen LogP contribution in [-0.4, -0.2) is 50.9 Å². The van der Waals surface area contributed by atoms with Crippen LogP contribution in [0.15, 0.2) is 0 Å². The Kier molecular flexibility index (Phi) is 4.62. The molecule has 1 aromatic heterocycles. The summed E-state index contributed by atoms with van der Waals surface area (Å²) in [5.74, 6) is 0.407. The van der Waals surface area contributed by atoms with Gasteiger partial charge in [-0.15, -0.1) is 0 Å². The maximum atomic E-state index is 12.5. The van der Waals surface area contributed by atoms with Crippen LogP contribution in [0, 0.1) is 0 Å². The number of hydrogen-bond donors (Lipinski definition) is 0. The molecule has 20 heavy (non-hydrogen) atoms. The lowest BCUT2D eigenvalue weighted by atomic mass is 9.96. The molecular weight excluding hydrogens is 294 g/mol. The Labute approximate surface area is 122 Å². The third-order valence-corrected chi connectivity index (χ3v) is 6.19. The first-order valence-electron chi connectivity index (χ1n) is 6.46. The van der Waals surface area contributed by atoms with Crippen LogP contribution in [0.25, 0.3) is 0 Å². The van der Waals surface area contributed by atoms with Gasteiger partial charge in [0.15, 0.2) is 6.29 Å². The first kappa shape index (κ1) is 17.1. The molecule has 1 heterocycles. The molecular formula is C12H23N3O3SSi. The van der Waals surface area contributed by atoms with E-state index < -0.39 is 24.4 Å². The van der Waals surface area contributed by atoms with Crippen LogP contribution in [0.2, 0.25) is 13.1 Å².